The third kappa shape index (κ3) is 4.25. The summed E-state index contributed by atoms with van der Waals surface area (Å²) in [5.41, 5.74) is 2.12. The molecule has 0 radical (unpaired) electrons. The Hall–Kier alpha value is -2.53. The molecule has 1 N–H and O–H groups in total. The molecule has 0 unspecified atom stereocenters. The molecule has 0 spiro atoms. The lowest BCUT2D eigenvalue weighted by Gasteiger charge is -2.36. The van der Waals surface area contributed by atoms with E-state index >= 15 is 0 Å². The maximum absolute atomic E-state index is 12.9. The van der Waals surface area contributed by atoms with Crippen LogP contribution in [-0.2, 0) is 6.54 Å². The number of methoxy groups -OCH3 is 1. The molecule has 27 heavy (non-hydrogen) atoms. The number of carbonyl (C=O) groups is 1. The van der Waals surface area contributed by atoms with Crippen molar-refractivity contribution in [1.29, 1.82) is 0 Å². The number of carbonyl (C=O) groups excluding carboxylic acids is 1. The van der Waals surface area contributed by atoms with Gasteiger partial charge in [0.15, 0.2) is 0 Å². The number of nitrogens with one attached hydrogen (secondary N) is 1. The number of fused-ring (bicyclic) bond motifs is 4. The molecule has 3 saturated heterocycles. The molecular weight excluding hydrogens is 338 g/mol. The van der Waals surface area contributed by atoms with Crippen LogP contribution < -0.4 is 10.1 Å². The second-order valence-electron chi connectivity index (χ2n) is 7.58. The molecule has 3 aliphatic heterocycles. The van der Waals surface area contributed by atoms with Crippen molar-refractivity contribution in [2.45, 2.75) is 25.4 Å². The smallest absolute Gasteiger partial charge is 0.321 e. The standard InChI is InChI=1S/C22H27N3O2/c1-27-21-9-5-8-19(12-21)23-22(26)25-15-18-10-11-20(16-25)24(14-18)13-17-6-3-2-4-7-17/h2-9,12,18,20H,10-11,13-16H2,1H3,(H,23,26)/t18-,20-/m1/s1. The molecule has 2 aromatic carbocycles. The van der Waals surface area contributed by atoms with E-state index in [1.807, 2.05) is 29.2 Å². The number of nitrogens with zero attached hydrogens (tertiary/aromatic N) is 2. The van der Waals surface area contributed by atoms with Crippen molar-refractivity contribution in [2.75, 3.05) is 32.1 Å². The molecule has 3 heterocycles. The zero-order valence-electron chi connectivity index (χ0n) is 15.8. The summed E-state index contributed by atoms with van der Waals surface area (Å²) in [6, 6.07) is 18.6. The number of anilines is 1. The summed E-state index contributed by atoms with van der Waals surface area (Å²) >= 11 is 0. The molecule has 5 rings (SSSR count). The Morgan fingerprint density at radius 3 is 2.74 bits per heavy atom. The van der Waals surface area contributed by atoms with Gasteiger partial charge in [0, 0.05) is 44.0 Å². The van der Waals surface area contributed by atoms with Gasteiger partial charge in [-0.05, 0) is 36.5 Å². The van der Waals surface area contributed by atoms with Crippen LogP contribution in [0.1, 0.15) is 18.4 Å². The van der Waals surface area contributed by atoms with Crippen LogP contribution in [0.15, 0.2) is 54.6 Å². The van der Waals surface area contributed by atoms with E-state index in [0.29, 0.717) is 12.0 Å². The van der Waals surface area contributed by atoms with Crippen LogP contribution in [0.4, 0.5) is 10.5 Å². The highest BCUT2D eigenvalue weighted by Gasteiger charge is 2.36. The molecule has 142 valence electrons. The van der Waals surface area contributed by atoms with E-state index in [1.165, 1.54) is 18.4 Å². The van der Waals surface area contributed by atoms with Crippen LogP contribution in [0.5, 0.6) is 5.75 Å². The Kier molecular flexibility index (Phi) is 5.30. The van der Waals surface area contributed by atoms with E-state index in [1.54, 1.807) is 7.11 Å². The van der Waals surface area contributed by atoms with Gasteiger partial charge < -0.3 is 15.0 Å². The van der Waals surface area contributed by atoms with Crippen molar-refractivity contribution in [3.8, 4) is 5.75 Å². The van der Waals surface area contributed by atoms with Gasteiger partial charge in [0.1, 0.15) is 5.75 Å². The lowest BCUT2D eigenvalue weighted by molar-refractivity contribution is 0.124. The number of piperidine rings is 1. The van der Waals surface area contributed by atoms with Gasteiger partial charge >= 0.3 is 6.03 Å². The first-order chi connectivity index (χ1) is 13.2. The summed E-state index contributed by atoms with van der Waals surface area (Å²) in [5.74, 6) is 1.29. The Morgan fingerprint density at radius 2 is 1.93 bits per heavy atom. The summed E-state index contributed by atoms with van der Waals surface area (Å²) in [6.45, 7) is 3.66. The first-order valence-electron chi connectivity index (χ1n) is 9.69. The van der Waals surface area contributed by atoms with Crippen LogP contribution in [0.25, 0.3) is 0 Å². The zero-order chi connectivity index (χ0) is 18.6. The Balaban J connectivity index is 1.42. The second kappa shape index (κ2) is 8.01. The van der Waals surface area contributed by atoms with Crippen molar-refractivity contribution < 1.29 is 9.53 Å². The van der Waals surface area contributed by atoms with Crippen molar-refractivity contribution in [2.24, 2.45) is 5.92 Å². The third-order valence-corrected chi connectivity index (χ3v) is 5.66. The normalized spacial score (nSPS) is 22.3. The van der Waals surface area contributed by atoms with Crippen LogP contribution in [0, 0.1) is 5.92 Å². The molecule has 3 aliphatic rings. The first kappa shape index (κ1) is 17.9. The van der Waals surface area contributed by atoms with Crippen LogP contribution in [0.2, 0.25) is 0 Å². The van der Waals surface area contributed by atoms with Gasteiger partial charge in [0.25, 0.3) is 0 Å². The number of benzene rings is 2. The summed E-state index contributed by atoms with van der Waals surface area (Å²) in [6.07, 6.45) is 2.37. The van der Waals surface area contributed by atoms with Crippen LogP contribution in [-0.4, -0.2) is 48.6 Å². The molecule has 5 heteroatoms. The first-order valence-corrected chi connectivity index (χ1v) is 9.69. The quantitative estimate of drug-likeness (QED) is 0.896. The topological polar surface area (TPSA) is 44.8 Å². The minimum Gasteiger partial charge on any atom is -0.497 e. The SMILES string of the molecule is COc1cccc(NC(=O)N2C[C@@H]3CC[C@H](C2)N(Cc2ccccc2)C3)c1. The minimum atomic E-state index is -0.0123. The van der Waals surface area contributed by atoms with Gasteiger partial charge in [-0.25, -0.2) is 4.79 Å². The van der Waals surface area contributed by atoms with Gasteiger partial charge in [0.05, 0.1) is 7.11 Å². The molecule has 2 atom stereocenters. The van der Waals surface area contributed by atoms with Gasteiger partial charge in [-0.3, -0.25) is 4.90 Å². The van der Waals surface area contributed by atoms with Crippen LogP contribution >= 0.6 is 0 Å². The summed E-state index contributed by atoms with van der Waals surface area (Å²) < 4.78 is 5.25. The Bertz CT molecular complexity index is 780. The summed E-state index contributed by atoms with van der Waals surface area (Å²) in [7, 11) is 1.63. The molecule has 3 fully saturated rings. The zero-order valence-corrected chi connectivity index (χ0v) is 15.8. The molecule has 5 nitrogen and oxygen atoms in total. The number of hydrogen-bond acceptors (Lipinski definition) is 3. The predicted molar refractivity (Wildman–Crippen MR) is 107 cm³/mol. The Morgan fingerprint density at radius 1 is 1.07 bits per heavy atom. The molecule has 0 aromatic heterocycles. The fraction of sp³-hybridized carbons (Fsp3) is 0.409. The average molecular weight is 365 g/mol. The molecular formula is C22H27N3O2. The van der Waals surface area contributed by atoms with E-state index in [-0.39, 0.29) is 6.03 Å². The highest BCUT2D eigenvalue weighted by Crippen LogP contribution is 2.29. The van der Waals surface area contributed by atoms with E-state index in [2.05, 4.69) is 40.5 Å². The molecule has 2 aromatic rings. The van der Waals surface area contributed by atoms with Crippen molar-refractivity contribution >= 4 is 11.7 Å². The lowest BCUT2D eigenvalue weighted by atomic mass is 9.94. The van der Waals surface area contributed by atoms with E-state index in [0.717, 1.165) is 37.6 Å². The molecule has 0 aliphatic carbocycles. The highest BCUT2D eigenvalue weighted by atomic mass is 16.5. The van der Waals surface area contributed by atoms with Gasteiger partial charge in [-0.2, -0.15) is 0 Å². The monoisotopic (exact) mass is 365 g/mol. The third-order valence-electron chi connectivity index (χ3n) is 5.66. The van der Waals surface area contributed by atoms with Gasteiger partial charge in [-0.15, -0.1) is 0 Å². The number of ether oxygens (including phenoxy) is 1. The maximum Gasteiger partial charge on any atom is 0.321 e. The fourth-order valence-corrected chi connectivity index (χ4v) is 4.26. The number of rotatable bonds is 4. The number of hydrogen-bond donors (Lipinski definition) is 1. The molecule has 2 amide bonds. The number of amides is 2. The number of urea groups is 1. The molecule has 2 bridgehead atoms. The van der Waals surface area contributed by atoms with Crippen molar-refractivity contribution in [3.05, 3.63) is 60.2 Å². The summed E-state index contributed by atoms with van der Waals surface area (Å²) in [4.78, 5) is 17.4. The van der Waals surface area contributed by atoms with E-state index < -0.39 is 0 Å². The Labute approximate surface area is 160 Å². The minimum absolute atomic E-state index is 0.0123. The van der Waals surface area contributed by atoms with Gasteiger partial charge in [-0.1, -0.05) is 36.4 Å². The lowest BCUT2D eigenvalue weighted by Crippen LogP contribution is -2.44. The predicted octanol–water partition coefficient (Wildman–Crippen LogP) is 3.82. The van der Waals surface area contributed by atoms with Crippen molar-refractivity contribution in [3.63, 3.8) is 0 Å². The second-order valence-corrected chi connectivity index (χ2v) is 7.58. The molecule has 0 saturated carbocycles. The fourth-order valence-electron chi connectivity index (χ4n) is 4.26. The van der Waals surface area contributed by atoms with E-state index in [4.69, 9.17) is 4.74 Å². The average Bonchev–Trinajstić information content (AvgIpc) is 3.01. The van der Waals surface area contributed by atoms with E-state index in [9.17, 15) is 4.79 Å². The highest BCUT2D eigenvalue weighted by molar-refractivity contribution is 5.89. The van der Waals surface area contributed by atoms with Gasteiger partial charge in [0.2, 0.25) is 0 Å². The summed E-state index contributed by atoms with van der Waals surface area (Å²) in [5, 5.41) is 3.04. The maximum atomic E-state index is 12.9. The van der Waals surface area contributed by atoms with Crippen LogP contribution in [0.3, 0.4) is 0 Å². The van der Waals surface area contributed by atoms with Crippen molar-refractivity contribution in [1.82, 2.24) is 9.80 Å². The largest absolute Gasteiger partial charge is 0.497 e.